The molecule has 1 saturated heterocycles. The van der Waals surface area contributed by atoms with E-state index in [2.05, 4.69) is 9.97 Å². The van der Waals surface area contributed by atoms with Crippen molar-refractivity contribution in [2.24, 2.45) is 0 Å². The number of morpholine rings is 1. The maximum absolute atomic E-state index is 11.9. The van der Waals surface area contributed by atoms with Crippen molar-refractivity contribution in [1.29, 1.82) is 0 Å². The van der Waals surface area contributed by atoms with Crippen LogP contribution in [-0.4, -0.2) is 36.3 Å². The van der Waals surface area contributed by atoms with E-state index in [1.807, 2.05) is 11.8 Å². The molecule has 0 amide bonds. The first kappa shape index (κ1) is 11.9. The van der Waals surface area contributed by atoms with Crippen LogP contribution < -0.4 is 16.2 Å². The van der Waals surface area contributed by atoms with Crippen molar-refractivity contribution in [3.05, 3.63) is 15.9 Å². The van der Waals surface area contributed by atoms with Crippen LogP contribution in [0.5, 0.6) is 0 Å². The average molecular weight is 238 g/mol. The molecule has 0 bridgehead atoms. The Morgan fingerprint density at radius 1 is 1.47 bits per heavy atom. The third kappa shape index (κ3) is 2.58. The number of rotatable bonds is 3. The Hall–Kier alpha value is -1.56. The summed E-state index contributed by atoms with van der Waals surface area (Å²) in [6.07, 6.45) is 1.55. The number of nitrogen functional groups attached to an aromatic ring is 1. The van der Waals surface area contributed by atoms with Gasteiger partial charge < -0.3 is 15.4 Å². The molecule has 0 spiro atoms. The first-order valence-electron chi connectivity index (χ1n) is 5.93. The first-order valence-corrected chi connectivity index (χ1v) is 5.93. The highest BCUT2D eigenvalue weighted by Gasteiger charge is 2.15. The van der Waals surface area contributed by atoms with Crippen molar-refractivity contribution in [3.63, 3.8) is 0 Å². The minimum atomic E-state index is -0.124. The summed E-state index contributed by atoms with van der Waals surface area (Å²) in [5, 5.41) is 0. The summed E-state index contributed by atoms with van der Waals surface area (Å²) in [7, 11) is 0. The molecular formula is C11H18N4O2. The minimum absolute atomic E-state index is 0.124. The van der Waals surface area contributed by atoms with Crippen molar-refractivity contribution in [1.82, 2.24) is 9.97 Å². The lowest BCUT2D eigenvalue weighted by Gasteiger charge is -2.27. The van der Waals surface area contributed by atoms with Gasteiger partial charge in [0, 0.05) is 13.1 Å². The van der Waals surface area contributed by atoms with E-state index in [1.54, 1.807) is 0 Å². The van der Waals surface area contributed by atoms with Crippen LogP contribution in [-0.2, 0) is 11.2 Å². The molecule has 17 heavy (non-hydrogen) atoms. The fourth-order valence-corrected chi connectivity index (χ4v) is 1.92. The van der Waals surface area contributed by atoms with Gasteiger partial charge in [-0.1, -0.05) is 13.3 Å². The van der Waals surface area contributed by atoms with Gasteiger partial charge in [-0.05, 0) is 6.42 Å². The molecule has 0 aromatic carbocycles. The third-order valence-corrected chi connectivity index (χ3v) is 2.85. The highest BCUT2D eigenvalue weighted by Crippen LogP contribution is 2.12. The molecule has 1 aromatic heterocycles. The fraction of sp³-hybridized carbons (Fsp3) is 0.636. The summed E-state index contributed by atoms with van der Waals surface area (Å²) in [6.45, 7) is 4.78. The zero-order chi connectivity index (χ0) is 12.3. The molecule has 6 heteroatoms. The maximum atomic E-state index is 11.9. The van der Waals surface area contributed by atoms with Crippen LogP contribution in [0.25, 0.3) is 0 Å². The van der Waals surface area contributed by atoms with E-state index in [0.29, 0.717) is 37.0 Å². The number of ether oxygens (including phenoxy) is 1. The van der Waals surface area contributed by atoms with E-state index >= 15 is 0 Å². The maximum Gasteiger partial charge on any atom is 0.257 e. The van der Waals surface area contributed by atoms with E-state index in [4.69, 9.17) is 10.5 Å². The van der Waals surface area contributed by atoms with Crippen molar-refractivity contribution >= 4 is 11.8 Å². The van der Waals surface area contributed by atoms with Gasteiger partial charge in [0.15, 0.2) is 0 Å². The van der Waals surface area contributed by atoms with Crippen molar-refractivity contribution in [3.8, 4) is 0 Å². The number of nitrogens with zero attached hydrogens (tertiary/aromatic N) is 2. The van der Waals surface area contributed by atoms with E-state index < -0.39 is 0 Å². The molecule has 2 heterocycles. The Morgan fingerprint density at radius 3 is 2.76 bits per heavy atom. The van der Waals surface area contributed by atoms with Gasteiger partial charge in [0.2, 0.25) is 5.95 Å². The number of anilines is 2. The number of aromatic amines is 1. The summed E-state index contributed by atoms with van der Waals surface area (Å²) in [4.78, 5) is 20.9. The van der Waals surface area contributed by atoms with Crippen LogP contribution >= 0.6 is 0 Å². The number of hydrogen-bond acceptors (Lipinski definition) is 5. The molecule has 0 atom stereocenters. The zero-order valence-electron chi connectivity index (χ0n) is 10.0. The molecule has 0 radical (unpaired) electrons. The van der Waals surface area contributed by atoms with Crippen LogP contribution in [0.4, 0.5) is 11.8 Å². The zero-order valence-corrected chi connectivity index (χ0v) is 10.0. The second-order valence-corrected chi connectivity index (χ2v) is 4.10. The molecule has 1 aromatic rings. The van der Waals surface area contributed by atoms with Crippen molar-refractivity contribution in [2.75, 3.05) is 36.9 Å². The molecule has 6 nitrogen and oxygen atoms in total. The molecule has 0 saturated carbocycles. The standard InChI is InChI=1S/C11H18N4O2/c1-2-3-8-9(12)13-11(14-10(8)16)15-4-6-17-7-5-15/h2-7H2,1H3,(H3,12,13,14,16). The Morgan fingerprint density at radius 2 is 2.18 bits per heavy atom. The molecule has 0 unspecified atom stereocenters. The van der Waals surface area contributed by atoms with Gasteiger partial charge in [-0.25, -0.2) is 0 Å². The van der Waals surface area contributed by atoms with Crippen molar-refractivity contribution < 1.29 is 4.74 Å². The van der Waals surface area contributed by atoms with E-state index in [1.165, 1.54) is 0 Å². The molecule has 1 aliphatic heterocycles. The first-order chi connectivity index (χ1) is 8.22. The molecule has 0 aliphatic carbocycles. The Balaban J connectivity index is 2.27. The number of hydrogen-bond donors (Lipinski definition) is 2. The van der Waals surface area contributed by atoms with Gasteiger partial charge in [-0.15, -0.1) is 0 Å². The molecule has 2 rings (SSSR count). The van der Waals surface area contributed by atoms with Gasteiger partial charge in [0.25, 0.3) is 5.56 Å². The van der Waals surface area contributed by atoms with Gasteiger partial charge >= 0.3 is 0 Å². The number of nitrogens with two attached hydrogens (primary N) is 1. The van der Waals surface area contributed by atoms with Crippen LogP contribution in [0.3, 0.4) is 0 Å². The largest absolute Gasteiger partial charge is 0.383 e. The van der Waals surface area contributed by atoms with Crippen LogP contribution in [0.2, 0.25) is 0 Å². The highest BCUT2D eigenvalue weighted by atomic mass is 16.5. The smallest absolute Gasteiger partial charge is 0.257 e. The van der Waals surface area contributed by atoms with Gasteiger partial charge in [0.1, 0.15) is 5.82 Å². The fourth-order valence-electron chi connectivity index (χ4n) is 1.92. The second-order valence-electron chi connectivity index (χ2n) is 4.10. The lowest BCUT2D eigenvalue weighted by Crippen LogP contribution is -2.38. The van der Waals surface area contributed by atoms with Crippen molar-refractivity contribution in [2.45, 2.75) is 19.8 Å². The molecule has 1 aliphatic rings. The van der Waals surface area contributed by atoms with Crippen LogP contribution in [0.1, 0.15) is 18.9 Å². The van der Waals surface area contributed by atoms with E-state index in [-0.39, 0.29) is 5.56 Å². The van der Waals surface area contributed by atoms with E-state index in [9.17, 15) is 4.79 Å². The number of H-pyrrole nitrogens is 1. The summed E-state index contributed by atoms with van der Waals surface area (Å²) in [5.74, 6) is 0.896. The summed E-state index contributed by atoms with van der Waals surface area (Å²) >= 11 is 0. The van der Waals surface area contributed by atoms with Gasteiger partial charge in [-0.3, -0.25) is 9.78 Å². The van der Waals surface area contributed by atoms with Gasteiger partial charge in [0.05, 0.1) is 18.8 Å². The predicted octanol–water partition coefficient (Wildman–Crippen LogP) is 0.141. The summed E-state index contributed by atoms with van der Waals surface area (Å²) < 4.78 is 5.25. The van der Waals surface area contributed by atoms with E-state index in [0.717, 1.165) is 19.5 Å². The molecule has 3 N–H and O–H groups in total. The Kier molecular flexibility index (Phi) is 3.63. The number of aromatic nitrogens is 2. The Labute approximate surface area is 99.8 Å². The average Bonchev–Trinajstić information content (AvgIpc) is 2.35. The topological polar surface area (TPSA) is 84.2 Å². The summed E-state index contributed by atoms with van der Waals surface area (Å²) in [5.41, 5.74) is 6.29. The Bertz CT molecular complexity index is 438. The van der Waals surface area contributed by atoms with Gasteiger partial charge in [-0.2, -0.15) is 4.98 Å². The number of nitrogens with one attached hydrogen (secondary N) is 1. The van der Waals surface area contributed by atoms with Crippen LogP contribution in [0, 0.1) is 0 Å². The second kappa shape index (κ2) is 5.18. The third-order valence-electron chi connectivity index (χ3n) is 2.85. The SMILES string of the molecule is CCCc1c(N)nc(N2CCOCC2)[nH]c1=O. The van der Waals surface area contributed by atoms with Crippen LogP contribution in [0.15, 0.2) is 4.79 Å². The lowest BCUT2D eigenvalue weighted by molar-refractivity contribution is 0.122. The lowest BCUT2D eigenvalue weighted by atomic mass is 10.2. The normalized spacial score (nSPS) is 16.2. The molecule has 1 fully saturated rings. The highest BCUT2D eigenvalue weighted by molar-refractivity contribution is 5.44. The molecule has 94 valence electrons. The minimum Gasteiger partial charge on any atom is -0.383 e. The predicted molar refractivity (Wildman–Crippen MR) is 66.3 cm³/mol. The monoisotopic (exact) mass is 238 g/mol. The molecular weight excluding hydrogens is 220 g/mol. The summed E-state index contributed by atoms with van der Waals surface area (Å²) in [6, 6.07) is 0. The quantitative estimate of drug-likeness (QED) is 0.782.